The molecule has 0 atom stereocenters. The van der Waals surface area contributed by atoms with Gasteiger partial charge in [-0.3, -0.25) is 0 Å². The molecular formula is C19H22FIN4OS. The van der Waals surface area contributed by atoms with E-state index in [-0.39, 0.29) is 29.8 Å². The van der Waals surface area contributed by atoms with E-state index in [1.165, 1.54) is 6.07 Å². The second kappa shape index (κ2) is 11.0. The zero-order valence-electron chi connectivity index (χ0n) is 14.9. The molecule has 0 aliphatic rings. The Labute approximate surface area is 179 Å². The van der Waals surface area contributed by atoms with Gasteiger partial charge < -0.3 is 15.1 Å². The Hall–Kier alpha value is -1.94. The zero-order chi connectivity index (χ0) is 18.2. The Morgan fingerprint density at radius 3 is 2.81 bits per heavy atom. The third-order valence-electron chi connectivity index (χ3n) is 3.67. The van der Waals surface area contributed by atoms with Gasteiger partial charge >= 0.3 is 0 Å². The number of aliphatic imine (C=N–C) groups is 1. The lowest BCUT2D eigenvalue weighted by atomic mass is 10.1. The smallest absolute Gasteiger partial charge is 0.236 e. The molecule has 0 saturated heterocycles. The number of benzene rings is 1. The number of hydrogen-bond acceptors (Lipinski definition) is 4. The van der Waals surface area contributed by atoms with Crippen molar-refractivity contribution < 1.29 is 8.81 Å². The molecule has 0 fully saturated rings. The van der Waals surface area contributed by atoms with E-state index in [2.05, 4.69) is 20.6 Å². The van der Waals surface area contributed by atoms with Crippen molar-refractivity contribution in [3.8, 4) is 10.8 Å². The van der Waals surface area contributed by atoms with Gasteiger partial charge in [0, 0.05) is 13.1 Å². The molecule has 0 spiro atoms. The molecule has 0 bridgehead atoms. The SMILES string of the molecule is CCNC(=NCc1coc(-c2cccs2)n1)NCCc1ccccc1F.I. The summed E-state index contributed by atoms with van der Waals surface area (Å²) in [6, 6.07) is 10.7. The van der Waals surface area contributed by atoms with Crippen LogP contribution in [0.15, 0.2) is 57.5 Å². The van der Waals surface area contributed by atoms with E-state index >= 15 is 0 Å². The normalized spacial score (nSPS) is 11.1. The number of hydrogen-bond donors (Lipinski definition) is 2. The second-order valence-corrected chi connectivity index (χ2v) is 6.53. The molecule has 0 unspecified atom stereocenters. The van der Waals surface area contributed by atoms with Crippen molar-refractivity contribution in [1.29, 1.82) is 0 Å². The molecule has 5 nitrogen and oxygen atoms in total. The highest BCUT2D eigenvalue weighted by Crippen LogP contribution is 2.23. The molecule has 0 aliphatic heterocycles. The fraction of sp³-hybridized carbons (Fsp3) is 0.263. The summed E-state index contributed by atoms with van der Waals surface area (Å²) in [4.78, 5) is 9.96. The number of aromatic nitrogens is 1. The molecule has 3 aromatic rings. The van der Waals surface area contributed by atoms with Crippen molar-refractivity contribution in [2.45, 2.75) is 19.9 Å². The third kappa shape index (κ3) is 6.31. The Morgan fingerprint density at radius 2 is 2.07 bits per heavy atom. The topological polar surface area (TPSA) is 62.5 Å². The number of nitrogens with one attached hydrogen (secondary N) is 2. The monoisotopic (exact) mass is 500 g/mol. The van der Waals surface area contributed by atoms with Crippen LogP contribution in [0.5, 0.6) is 0 Å². The molecule has 0 amide bonds. The number of guanidine groups is 1. The lowest BCUT2D eigenvalue weighted by Gasteiger charge is -2.11. The standard InChI is InChI=1S/C19H21FN4OS.HI/c1-2-21-19(22-10-9-14-6-3-4-7-16(14)20)23-12-15-13-25-18(24-15)17-8-5-11-26-17;/h3-8,11,13H,2,9-10,12H2,1H3,(H2,21,22,23);1H. The summed E-state index contributed by atoms with van der Waals surface area (Å²) in [5.74, 6) is 1.10. The Kier molecular flexibility index (Phi) is 8.73. The van der Waals surface area contributed by atoms with Crippen LogP contribution in [0.2, 0.25) is 0 Å². The first-order valence-corrected chi connectivity index (χ1v) is 9.38. The van der Waals surface area contributed by atoms with Gasteiger partial charge in [-0.2, -0.15) is 0 Å². The van der Waals surface area contributed by atoms with Crippen molar-refractivity contribution in [1.82, 2.24) is 15.6 Å². The predicted molar refractivity (Wildman–Crippen MR) is 118 cm³/mol. The molecule has 27 heavy (non-hydrogen) atoms. The average Bonchev–Trinajstić information content (AvgIpc) is 3.33. The highest BCUT2D eigenvalue weighted by Gasteiger charge is 2.07. The van der Waals surface area contributed by atoms with Crippen LogP contribution in [-0.2, 0) is 13.0 Å². The van der Waals surface area contributed by atoms with Gasteiger partial charge in [0.2, 0.25) is 5.89 Å². The molecule has 0 aliphatic carbocycles. The van der Waals surface area contributed by atoms with E-state index in [1.54, 1.807) is 29.7 Å². The first-order valence-electron chi connectivity index (χ1n) is 8.50. The van der Waals surface area contributed by atoms with E-state index < -0.39 is 0 Å². The van der Waals surface area contributed by atoms with E-state index in [0.717, 1.165) is 17.1 Å². The Morgan fingerprint density at radius 1 is 1.22 bits per heavy atom. The highest BCUT2D eigenvalue weighted by molar-refractivity contribution is 14.0. The largest absolute Gasteiger partial charge is 0.443 e. The molecule has 0 radical (unpaired) electrons. The van der Waals surface area contributed by atoms with Crippen molar-refractivity contribution in [2.75, 3.05) is 13.1 Å². The van der Waals surface area contributed by atoms with Gasteiger partial charge in [0.25, 0.3) is 0 Å². The summed E-state index contributed by atoms with van der Waals surface area (Å²) in [5.41, 5.74) is 1.45. The van der Waals surface area contributed by atoms with Gasteiger partial charge in [-0.25, -0.2) is 14.4 Å². The summed E-state index contributed by atoms with van der Waals surface area (Å²) in [6.45, 7) is 3.74. The van der Waals surface area contributed by atoms with Gasteiger partial charge in [0.15, 0.2) is 5.96 Å². The summed E-state index contributed by atoms with van der Waals surface area (Å²) < 4.78 is 19.2. The molecule has 144 valence electrons. The van der Waals surface area contributed by atoms with Gasteiger partial charge in [-0.05, 0) is 36.4 Å². The minimum Gasteiger partial charge on any atom is -0.443 e. The summed E-state index contributed by atoms with van der Waals surface area (Å²) in [5, 5.41) is 8.38. The lowest BCUT2D eigenvalue weighted by molar-refractivity contribution is 0.574. The van der Waals surface area contributed by atoms with E-state index in [9.17, 15) is 4.39 Å². The Bertz CT molecular complexity index is 851. The quantitative estimate of drug-likeness (QED) is 0.286. The lowest BCUT2D eigenvalue weighted by Crippen LogP contribution is -2.38. The number of oxazole rings is 1. The van der Waals surface area contributed by atoms with Crippen LogP contribution in [0.4, 0.5) is 4.39 Å². The minimum absolute atomic E-state index is 0. The van der Waals surface area contributed by atoms with Crippen LogP contribution in [-0.4, -0.2) is 24.0 Å². The molecular weight excluding hydrogens is 478 g/mol. The minimum atomic E-state index is -0.181. The highest BCUT2D eigenvalue weighted by atomic mass is 127. The van der Waals surface area contributed by atoms with Crippen molar-refractivity contribution in [2.24, 2.45) is 4.99 Å². The van der Waals surface area contributed by atoms with Crippen LogP contribution in [0, 0.1) is 5.82 Å². The van der Waals surface area contributed by atoms with Gasteiger partial charge in [-0.15, -0.1) is 35.3 Å². The van der Waals surface area contributed by atoms with Crippen molar-refractivity contribution in [3.63, 3.8) is 0 Å². The fourth-order valence-electron chi connectivity index (χ4n) is 2.41. The maximum Gasteiger partial charge on any atom is 0.236 e. The maximum absolute atomic E-state index is 13.7. The zero-order valence-corrected chi connectivity index (χ0v) is 18.1. The van der Waals surface area contributed by atoms with Crippen LogP contribution in [0.3, 0.4) is 0 Å². The summed E-state index contributed by atoms with van der Waals surface area (Å²) in [7, 11) is 0. The molecule has 8 heteroatoms. The first kappa shape index (κ1) is 21.4. The predicted octanol–water partition coefficient (Wildman–Crippen LogP) is 4.46. The van der Waals surface area contributed by atoms with Crippen molar-refractivity contribution in [3.05, 3.63) is 65.1 Å². The summed E-state index contributed by atoms with van der Waals surface area (Å²) in [6.07, 6.45) is 2.21. The number of thiophene rings is 1. The van der Waals surface area contributed by atoms with E-state index in [0.29, 0.717) is 36.9 Å². The Balaban J connectivity index is 0.00000261. The van der Waals surface area contributed by atoms with Crippen LogP contribution in [0.25, 0.3) is 10.8 Å². The second-order valence-electron chi connectivity index (χ2n) is 5.58. The molecule has 3 rings (SSSR count). The van der Waals surface area contributed by atoms with Crippen LogP contribution >= 0.6 is 35.3 Å². The third-order valence-corrected chi connectivity index (χ3v) is 4.53. The molecule has 2 N–H and O–H groups in total. The van der Waals surface area contributed by atoms with Gasteiger partial charge in [-0.1, -0.05) is 24.3 Å². The number of halogens is 2. The molecule has 2 heterocycles. The molecule has 2 aromatic heterocycles. The number of nitrogens with zero attached hydrogens (tertiary/aromatic N) is 2. The average molecular weight is 500 g/mol. The molecule has 1 aromatic carbocycles. The van der Waals surface area contributed by atoms with Crippen LogP contribution < -0.4 is 10.6 Å². The number of rotatable bonds is 7. The van der Waals surface area contributed by atoms with Gasteiger partial charge in [0.1, 0.15) is 17.8 Å². The summed E-state index contributed by atoms with van der Waals surface area (Å²) >= 11 is 1.58. The van der Waals surface area contributed by atoms with E-state index in [4.69, 9.17) is 4.42 Å². The molecule has 0 saturated carbocycles. The van der Waals surface area contributed by atoms with E-state index in [1.807, 2.05) is 30.5 Å². The van der Waals surface area contributed by atoms with Crippen molar-refractivity contribution >= 4 is 41.3 Å². The first-order chi connectivity index (χ1) is 12.8. The fourth-order valence-corrected chi connectivity index (χ4v) is 3.07. The van der Waals surface area contributed by atoms with Crippen LogP contribution in [0.1, 0.15) is 18.2 Å². The van der Waals surface area contributed by atoms with Gasteiger partial charge in [0.05, 0.1) is 11.4 Å². The maximum atomic E-state index is 13.7.